The first-order chi connectivity index (χ1) is 10.4. The van der Waals surface area contributed by atoms with Crippen molar-refractivity contribution in [1.29, 1.82) is 0 Å². The maximum Gasteiger partial charge on any atom is 0.512 e. The Labute approximate surface area is 129 Å². The predicted octanol–water partition coefficient (Wildman–Crippen LogP) is 1.81. The van der Waals surface area contributed by atoms with Gasteiger partial charge in [-0.25, -0.2) is 16.8 Å². The number of hydrogen-bond acceptors (Lipinski definition) is 5. The van der Waals surface area contributed by atoms with Crippen LogP contribution in [0.1, 0.15) is 5.56 Å². The van der Waals surface area contributed by atoms with Crippen molar-refractivity contribution in [3.63, 3.8) is 0 Å². The highest BCUT2D eigenvalue weighted by Gasteiger charge is 2.48. The molecule has 0 radical (unpaired) electrons. The number of halogens is 3. The van der Waals surface area contributed by atoms with E-state index < -0.39 is 31.3 Å². The van der Waals surface area contributed by atoms with Crippen molar-refractivity contribution in [2.75, 3.05) is 0 Å². The second kappa shape index (κ2) is 5.65. The van der Waals surface area contributed by atoms with Gasteiger partial charge >= 0.3 is 15.5 Å². The van der Waals surface area contributed by atoms with Crippen molar-refractivity contribution in [2.45, 2.75) is 11.3 Å². The molecule has 11 heteroatoms. The standard InChI is InChI=1S/C12H10F3NO5S2/c13-12(14,15)23(20,21)16-22(18,19)7-8-5-6-11(17)10-4-2-1-3-9(8)10/h1-6,16-17H,7H2. The van der Waals surface area contributed by atoms with Crippen LogP contribution in [0.5, 0.6) is 5.75 Å². The predicted molar refractivity (Wildman–Crippen MR) is 76.3 cm³/mol. The van der Waals surface area contributed by atoms with E-state index >= 15 is 0 Å². The highest BCUT2D eigenvalue weighted by molar-refractivity contribution is 8.04. The summed E-state index contributed by atoms with van der Waals surface area (Å²) in [6, 6.07) is 8.42. The van der Waals surface area contributed by atoms with E-state index in [1.165, 1.54) is 30.3 Å². The number of alkyl halides is 3. The second-order valence-electron chi connectivity index (χ2n) is 4.58. The van der Waals surface area contributed by atoms with Gasteiger partial charge < -0.3 is 5.11 Å². The van der Waals surface area contributed by atoms with Crippen molar-refractivity contribution in [3.05, 3.63) is 42.0 Å². The quantitative estimate of drug-likeness (QED) is 0.856. The molecule has 0 atom stereocenters. The third-order valence-electron chi connectivity index (χ3n) is 2.88. The Hall–Kier alpha value is -1.85. The van der Waals surface area contributed by atoms with E-state index in [4.69, 9.17) is 0 Å². The zero-order chi connectivity index (χ0) is 17.5. The first kappa shape index (κ1) is 17.5. The molecule has 2 N–H and O–H groups in total. The first-order valence-corrected chi connectivity index (χ1v) is 9.09. The molecule has 2 rings (SSSR count). The van der Waals surface area contributed by atoms with Crippen molar-refractivity contribution < 1.29 is 35.1 Å². The summed E-state index contributed by atoms with van der Waals surface area (Å²) >= 11 is 0. The van der Waals surface area contributed by atoms with E-state index in [9.17, 15) is 35.1 Å². The average Bonchev–Trinajstić information content (AvgIpc) is 2.40. The number of hydrogen-bond donors (Lipinski definition) is 2. The lowest BCUT2D eigenvalue weighted by molar-refractivity contribution is -0.0441. The minimum Gasteiger partial charge on any atom is -0.507 e. The molecule has 0 aromatic heterocycles. The topological polar surface area (TPSA) is 101 Å². The molecule has 2 aromatic rings. The molecule has 0 heterocycles. The Morgan fingerprint density at radius 1 is 0.957 bits per heavy atom. The summed E-state index contributed by atoms with van der Waals surface area (Å²) in [7, 11) is -10.8. The van der Waals surface area contributed by atoms with Gasteiger partial charge in [-0.15, -0.1) is 4.13 Å². The molecule has 0 aliphatic rings. The second-order valence-corrected chi connectivity index (χ2v) is 8.24. The van der Waals surface area contributed by atoms with Gasteiger partial charge in [0.1, 0.15) is 5.75 Å². The molecule has 6 nitrogen and oxygen atoms in total. The van der Waals surface area contributed by atoms with Gasteiger partial charge in [0.15, 0.2) is 0 Å². The van der Waals surface area contributed by atoms with Gasteiger partial charge in [0.05, 0.1) is 5.75 Å². The van der Waals surface area contributed by atoms with Crippen LogP contribution >= 0.6 is 0 Å². The van der Waals surface area contributed by atoms with Crippen molar-refractivity contribution in [2.24, 2.45) is 0 Å². The molecule has 0 fully saturated rings. The zero-order valence-corrected chi connectivity index (χ0v) is 12.8. The molecule has 23 heavy (non-hydrogen) atoms. The van der Waals surface area contributed by atoms with E-state index in [-0.39, 0.29) is 16.7 Å². The zero-order valence-electron chi connectivity index (χ0n) is 11.2. The van der Waals surface area contributed by atoms with Gasteiger partial charge in [-0.3, -0.25) is 0 Å². The maximum atomic E-state index is 12.3. The van der Waals surface area contributed by atoms with E-state index in [0.29, 0.717) is 9.51 Å². The minimum absolute atomic E-state index is 0.0447. The van der Waals surface area contributed by atoms with Crippen LogP contribution in [-0.2, 0) is 25.8 Å². The monoisotopic (exact) mass is 369 g/mol. The normalized spacial score (nSPS) is 13.3. The summed E-state index contributed by atoms with van der Waals surface area (Å²) in [4.78, 5) is 0. The molecule has 0 saturated carbocycles. The van der Waals surface area contributed by atoms with Crippen LogP contribution in [0.2, 0.25) is 0 Å². The van der Waals surface area contributed by atoms with Gasteiger partial charge in [0, 0.05) is 5.39 Å². The van der Waals surface area contributed by atoms with Crippen LogP contribution in [-0.4, -0.2) is 27.5 Å². The Morgan fingerprint density at radius 2 is 1.52 bits per heavy atom. The number of phenols is 1. The van der Waals surface area contributed by atoms with Crippen LogP contribution in [0.4, 0.5) is 13.2 Å². The summed E-state index contributed by atoms with van der Waals surface area (Å²) in [6.45, 7) is 0. The summed E-state index contributed by atoms with van der Waals surface area (Å²) < 4.78 is 82.8. The van der Waals surface area contributed by atoms with E-state index in [0.717, 1.165) is 0 Å². The molecular formula is C12H10F3NO5S2. The van der Waals surface area contributed by atoms with Crippen molar-refractivity contribution >= 4 is 30.8 Å². The van der Waals surface area contributed by atoms with Crippen molar-refractivity contribution in [1.82, 2.24) is 4.13 Å². The third-order valence-corrected chi connectivity index (χ3v) is 6.07. The molecule has 126 valence electrons. The van der Waals surface area contributed by atoms with Crippen LogP contribution < -0.4 is 4.13 Å². The molecule has 0 bridgehead atoms. The lowest BCUT2D eigenvalue weighted by Gasteiger charge is -2.12. The Morgan fingerprint density at radius 3 is 2.09 bits per heavy atom. The highest BCUT2D eigenvalue weighted by Crippen LogP contribution is 2.29. The molecule has 0 aliphatic carbocycles. The smallest absolute Gasteiger partial charge is 0.507 e. The van der Waals surface area contributed by atoms with Gasteiger partial charge in [-0.2, -0.15) is 13.2 Å². The largest absolute Gasteiger partial charge is 0.512 e. The van der Waals surface area contributed by atoms with Crippen molar-refractivity contribution in [3.8, 4) is 5.75 Å². The minimum atomic E-state index is -6.02. The third kappa shape index (κ3) is 3.74. The number of benzene rings is 2. The van der Waals surface area contributed by atoms with E-state index in [1.54, 1.807) is 6.07 Å². The number of sulfonamides is 2. The van der Waals surface area contributed by atoms with Crippen LogP contribution in [0, 0.1) is 0 Å². The molecule has 0 saturated heterocycles. The lowest BCUT2D eigenvalue weighted by Crippen LogP contribution is -2.40. The lowest BCUT2D eigenvalue weighted by atomic mass is 10.1. The number of phenolic OH excluding ortho intramolecular Hbond substituents is 1. The number of fused-ring (bicyclic) bond motifs is 1. The summed E-state index contributed by atoms with van der Waals surface area (Å²) in [5.74, 6) is -1.14. The van der Waals surface area contributed by atoms with Gasteiger partial charge in [-0.05, 0) is 17.0 Å². The molecule has 0 aliphatic heterocycles. The number of nitrogens with one attached hydrogen (secondary N) is 1. The van der Waals surface area contributed by atoms with E-state index in [2.05, 4.69) is 0 Å². The Balaban J connectivity index is 2.42. The first-order valence-electron chi connectivity index (χ1n) is 5.95. The highest BCUT2D eigenvalue weighted by atomic mass is 32.3. The molecule has 2 aromatic carbocycles. The Bertz CT molecular complexity index is 952. The summed E-state index contributed by atoms with van der Waals surface area (Å²) in [5.41, 5.74) is -5.69. The molecule has 0 amide bonds. The van der Waals surface area contributed by atoms with Gasteiger partial charge in [-0.1, -0.05) is 30.3 Å². The van der Waals surface area contributed by atoms with Gasteiger partial charge in [0.25, 0.3) is 0 Å². The Kier molecular flexibility index (Phi) is 4.30. The van der Waals surface area contributed by atoms with Gasteiger partial charge in [0.2, 0.25) is 10.0 Å². The molecule has 0 unspecified atom stereocenters. The fourth-order valence-electron chi connectivity index (χ4n) is 1.92. The number of rotatable bonds is 4. The van der Waals surface area contributed by atoms with Crippen LogP contribution in [0.15, 0.2) is 36.4 Å². The SMILES string of the molecule is O=S(=O)(Cc1ccc(O)c2ccccc12)NS(=O)(=O)C(F)(F)F. The summed E-state index contributed by atoms with van der Waals surface area (Å²) in [5, 5.41) is 10.2. The van der Waals surface area contributed by atoms with Crippen LogP contribution in [0.3, 0.4) is 0 Å². The fourth-order valence-corrected chi connectivity index (χ4v) is 4.53. The van der Waals surface area contributed by atoms with E-state index in [1.807, 2.05) is 0 Å². The molecule has 0 spiro atoms. The maximum absolute atomic E-state index is 12.3. The fraction of sp³-hybridized carbons (Fsp3) is 0.167. The molecular weight excluding hydrogens is 359 g/mol. The van der Waals surface area contributed by atoms with Crippen LogP contribution in [0.25, 0.3) is 10.8 Å². The number of aromatic hydroxyl groups is 1. The summed E-state index contributed by atoms with van der Waals surface area (Å²) in [6.07, 6.45) is 0. The average molecular weight is 369 g/mol.